The Morgan fingerprint density at radius 2 is 1.67 bits per heavy atom. The number of nitrogens with one attached hydrogen (secondary N) is 1. The van der Waals surface area contributed by atoms with Crippen molar-refractivity contribution in [3.8, 4) is 11.1 Å². The van der Waals surface area contributed by atoms with E-state index in [1.54, 1.807) is 0 Å². The highest BCUT2D eigenvalue weighted by atomic mass is 35.5. The van der Waals surface area contributed by atoms with E-state index in [4.69, 9.17) is 11.6 Å². The number of nitrogens with zero attached hydrogens (tertiary/aromatic N) is 5. The summed E-state index contributed by atoms with van der Waals surface area (Å²) in [5, 5.41) is 8.62. The Kier molecular flexibility index (Phi) is 5.02. The van der Waals surface area contributed by atoms with Crippen molar-refractivity contribution in [2.75, 3.05) is 43.4 Å². The highest BCUT2D eigenvalue weighted by Gasteiger charge is 2.14. The second-order valence-corrected chi connectivity index (χ2v) is 7.99. The van der Waals surface area contributed by atoms with Crippen molar-refractivity contribution in [2.45, 2.75) is 0 Å². The van der Waals surface area contributed by atoms with Gasteiger partial charge in [0.15, 0.2) is 0 Å². The van der Waals surface area contributed by atoms with E-state index in [2.05, 4.69) is 56.5 Å². The largest absolute Gasteiger partial charge is 0.369 e. The molecule has 1 N–H and O–H groups in total. The van der Waals surface area contributed by atoms with Gasteiger partial charge in [-0.05, 0) is 43.4 Å². The fourth-order valence-electron chi connectivity index (χ4n) is 3.81. The summed E-state index contributed by atoms with van der Waals surface area (Å²) in [5.41, 5.74) is 5.12. The lowest BCUT2D eigenvalue weighted by Crippen LogP contribution is -2.44. The first-order chi connectivity index (χ1) is 14.7. The Balaban J connectivity index is 1.34. The van der Waals surface area contributed by atoms with Crippen LogP contribution in [0.3, 0.4) is 0 Å². The first kappa shape index (κ1) is 18.9. The lowest BCUT2D eigenvalue weighted by atomic mass is 10.1. The third-order valence-corrected chi connectivity index (χ3v) is 5.90. The first-order valence-corrected chi connectivity index (χ1v) is 10.4. The second-order valence-electron chi connectivity index (χ2n) is 7.58. The molecule has 2 aromatic carbocycles. The van der Waals surface area contributed by atoms with E-state index in [0.717, 1.165) is 48.5 Å². The lowest BCUT2D eigenvalue weighted by molar-refractivity contribution is 0.313. The molecular formula is C23H23ClN6. The molecule has 5 rings (SSSR count). The summed E-state index contributed by atoms with van der Waals surface area (Å²) in [4.78, 5) is 9.29. The number of piperazine rings is 1. The van der Waals surface area contributed by atoms with Gasteiger partial charge in [0, 0.05) is 59.9 Å². The highest BCUT2D eigenvalue weighted by molar-refractivity contribution is 6.33. The molecule has 1 aliphatic heterocycles. The highest BCUT2D eigenvalue weighted by Crippen LogP contribution is 2.31. The molecule has 0 amide bonds. The zero-order valence-electron chi connectivity index (χ0n) is 16.8. The molecule has 0 radical (unpaired) electrons. The molecule has 3 heterocycles. The Morgan fingerprint density at radius 1 is 0.900 bits per heavy atom. The smallest absolute Gasteiger partial charge is 0.245 e. The molecule has 1 aliphatic rings. The van der Waals surface area contributed by atoms with E-state index in [1.165, 1.54) is 5.69 Å². The van der Waals surface area contributed by atoms with Crippen LogP contribution in [-0.4, -0.2) is 52.7 Å². The molecule has 2 aromatic heterocycles. The van der Waals surface area contributed by atoms with E-state index >= 15 is 0 Å². The Morgan fingerprint density at radius 3 is 2.43 bits per heavy atom. The molecule has 7 heteroatoms. The van der Waals surface area contributed by atoms with Gasteiger partial charge in [0.1, 0.15) is 0 Å². The predicted molar refractivity (Wildman–Crippen MR) is 123 cm³/mol. The van der Waals surface area contributed by atoms with Crippen LogP contribution >= 0.6 is 11.6 Å². The average molecular weight is 419 g/mol. The number of likely N-dealkylation sites (N-methyl/N-ethyl adjacent to an activating group) is 1. The van der Waals surface area contributed by atoms with Crippen LogP contribution in [-0.2, 0) is 0 Å². The van der Waals surface area contributed by atoms with Crippen molar-refractivity contribution in [1.29, 1.82) is 0 Å². The molecule has 0 bridgehead atoms. The van der Waals surface area contributed by atoms with E-state index in [9.17, 15) is 0 Å². The van der Waals surface area contributed by atoms with Crippen molar-refractivity contribution >= 4 is 34.4 Å². The zero-order chi connectivity index (χ0) is 20.5. The lowest BCUT2D eigenvalue weighted by Gasteiger charge is -2.34. The number of hydrogen-bond acceptors (Lipinski definition) is 5. The summed E-state index contributed by atoms with van der Waals surface area (Å²) in [6.45, 7) is 4.32. The van der Waals surface area contributed by atoms with Crippen LogP contribution in [0, 0.1) is 0 Å². The molecule has 4 aromatic rings. The monoisotopic (exact) mass is 418 g/mol. The molecule has 0 spiro atoms. The Hall–Kier alpha value is -3.09. The zero-order valence-corrected chi connectivity index (χ0v) is 17.5. The van der Waals surface area contributed by atoms with Crippen molar-refractivity contribution in [2.24, 2.45) is 0 Å². The van der Waals surface area contributed by atoms with Gasteiger partial charge < -0.3 is 15.1 Å². The number of benzene rings is 2. The van der Waals surface area contributed by atoms with Crippen LogP contribution < -0.4 is 10.2 Å². The van der Waals surface area contributed by atoms with Gasteiger partial charge in [0.2, 0.25) is 5.95 Å². The van der Waals surface area contributed by atoms with Crippen LogP contribution in [0.2, 0.25) is 5.02 Å². The second kappa shape index (κ2) is 7.97. The molecule has 6 nitrogen and oxygen atoms in total. The van der Waals surface area contributed by atoms with Gasteiger partial charge in [-0.15, -0.1) is 5.10 Å². The van der Waals surface area contributed by atoms with Crippen molar-refractivity contribution in [3.05, 3.63) is 72.0 Å². The molecule has 0 atom stereocenters. The summed E-state index contributed by atoms with van der Waals surface area (Å²) in [5.74, 6) is 0.552. The quantitative estimate of drug-likeness (QED) is 0.527. The number of hydrogen-bond donors (Lipinski definition) is 1. The number of fused-ring (bicyclic) bond motifs is 1. The van der Waals surface area contributed by atoms with Gasteiger partial charge in [-0.2, -0.15) is 0 Å². The third-order valence-electron chi connectivity index (χ3n) is 5.57. The number of anilines is 3. The molecule has 152 valence electrons. The van der Waals surface area contributed by atoms with Crippen LogP contribution in [0.4, 0.5) is 17.3 Å². The maximum absolute atomic E-state index is 6.36. The fourth-order valence-corrected chi connectivity index (χ4v) is 4.05. The molecule has 30 heavy (non-hydrogen) atoms. The minimum atomic E-state index is 0.552. The molecule has 0 saturated carbocycles. The van der Waals surface area contributed by atoms with E-state index in [1.807, 2.05) is 47.2 Å². The minimum Gasteiger partial charge on any atom is -0.369 e. The number of rotatable bonds is 4. The van der Waals surface area contributed by atoms with Crippen molar-refractivity contribution in [1.82, 2.24) is 19.5 Å². The van der Waals surface area contributed by atoms with Gasteiger partial charge >= 0.3 is 0 Å². The van der Waals surface area contributed by atoms with Crippen molar-refractivity contribution in [3.63, 3.8) is 0 Å². The summed E-state index contributed by atoms with van der Waals surface area (Å²) in [7, 11) is 2.17. The van der Waals surface area contributed by atoms with Crippen molar-refractivity contribution < 1.29 is 0 Å². The summed E-state index contributed by atoms with van der Waals surface area (Å²) in [6, 6.07) is 18.3. The average Bonchev–Trinajstić information content (AvgIpc) is 3.18. The predicted octanol–water partition coefficient (Wildman–Crippen LogP) is 4.55. The Labute approximate surface area is 180 Å². The number of aromatic nitrogens is 3. The molecule has 1 fully saturated rings. The molecule has 1 saturated heterocycles. The summed E-state index contributed by atoms with van der Waals surface area (Å²) >= 11 is 6.36. The first-order valence-electron chi connectivity index (χ1n) is 10.1. The molecule has 0 unspecified atom stereocenters. The van der Waals surface area contributed by atoms with Crippen LogP contribution in [0.25, 0.3) is 16.6 Å². The third kappa shape index (κ3) is 3.72. The summed E-state index contributed by atoms with van der Waals surface area (Å²) in [6.07, 6.45) is 3.75. The minimum absolute atomic E-state index is 0.552. The summed E-state index contributed by atoms with van der Waals surface area (Å²) < 4.78 is 1.83. The Bertz CT molecular complexity index is 1160. The maximum atomic E-state index is 6.36. The van der Waals surface area contributed by atoms with Gasteiger partial charge in [0.25, 0.3) is 0 Å². The maximum Gasteiger partial charge on any atom is 0.245 e. The van der Waals surface area contributed by atoms with Gasteiger partial charge in [-0.3, -0.25) is 0 Å². The van der Waals surface area contributed by atoms with E-state index in [0.29, 0.717) is 11.0 Å². The van der Waals surface area contributed by atoms with Crippen LogP contribution in [0.1, 0.15) is 0 Å². The topological polar surface area (TPSA) is 48.7 Å². The molecule has 0 aliphatic carbocycles. The standard InChI is InChI=1S/C23H23ClN6/c1-28-12-14-29(15-13-28)18-8-6-17(7-9-18)26-23-25-16-22-20(10-11-30(22)27-23)19-4-2-3-5-21(19)24/h2-11,16H,12-15H2,1H3,(H,26,27). The SMILES string of the molecule is CN1CCN(c2ccc(Nc3ncc4c(-c5ccccc5Cl)ccn4n3)cc2)CC1. The normalized spacial score (nSPS) is 14.9. The van der Waals surface area contributed by atoms with Crippen LogP contribution in [0.15, 0.2) is 67.0 Å². The fraction of sp³-hybridized carbons (Fsp3) is 0.217. The van der Waals surface area contributed by atoms with Crippen LogP contribution in [0.5, 0.6) is 0 Å². The van der Waals surface area contributed by atoms with E-state index in [-0.39, 0.29) is 0 Å². The van der Waals surface area contributed by atoms with Gasteiger partial charge in [-0.25, -0.2) is 9.50 Å². The molecular weight excluding hydrogens is 396 g/mol. The van der Waals surface area contributed by atoms with E-state index < -0.39 is 0 Å². The van der Waals surface area contributed by atoms with Gasteiger partial charge in [0.05, 0.1) is 11.7 Å². The van der Waals surface area contributed by atoms with Gasteiger partial charge in [-0.1, -0.05) is 29.8 Å². The number of halogens is 1.